The van der Waals surface area contributed by atoms with Crippen LogP contribution >= 0.6 is 11.6 Å². The first-order valence-corrected chi connectivity index (χ1v) is 9.89. The van der Waals surface area contributed by atoms with Crippen molar-refractivity contribution in [2.24, 2.45) is 0 Å². The fourth-order valence-electron chi connectivity index (χ4n) is 3.66. The number of hydrogen-bond acceptors (Lipinski definition) is 5. The number of ether oxygens (including phenoxy) is 3. The van der Waals surface area contributed by atoms with Gasteiger partial charge < -0.3 is 19.1 Å². The Morgan fingerprint density at radius 1 is 1.04 bits per heavy atom. The summed E-state index contributed by atoms with van der Waals surface area (Å²) in [5.41, 5.74) is 2.34. The van der Waals surface area contributed by atoms with Crippen LogP contribution in [0.25, 0.3) is 0 Å². The van der Waals surface area contributed by atoms with Gasteiger partial charge in [-0.2, -0.15) is 0 Å². The molecule has 0 amide bonds. The van der Waals surface area contributed by atoms with E-state index in [1.54, 1.807) is 0 Å². The second-order valence-electron chi connectivity index (χ2n) is 6.77. The minimum Gasteiger partial charge on any atom is -0.492 e. The molecule has 0 spiro atoms. The minimum atomic E-state index is 0.553. The van der Waals surface area contributed by atoms with Crippen molar-refractivity contribution >= 4 is 17.3 Å². The molecule has 0 radical (unpaired) electrons. The maximum absolute atomic E-state index is 6.37. The van der Waals surface area contributed by atoms with E-state index >= 15 is 0 Å². The number of benzene rings is 2. The van der Waals surface area contributed by atoms with E-state index in [2.05, 4.69) is 28.0 Å². The molecule has 1 fully saturated rings. The lowest BCUT2D eigenvalue weighted by atomic mass is 10.1. The number of halogens is 1. The topological polar surface area (TPSA) is 34.2 Å². The summed E-state index contributed by atoms with van der Waals surface area (Å²) in [5.74, 6) is 2.39. The SMILES string of the molecule is CCOc1ccccc1N1CCN(Cc2cc(Cl)c3c(c2)OCCO3)CC1. The van der Waals surface area contributed by atoms with Gasteiger partial charge in [0.1, 0.15) is 19.0 Å². The van der Waals surface area contributed by atoms with Crippen LogP contribution in [0.5, 0.6) is 17.2 Å². The van der Waals surface area contributed by atoms with Gasteiger partial charge in [-0.3, -0.25) is 4.90 Å². The van der Waals surface area contributed by atoms with E-state index < -0.39 is 0 Å². The molecule has 144 valence electrons. The largest absolute Gasteiger partial charge is 0.492 e. The molecule has 1 saturated heterocycles. The van der Waals surface area contributed by atoms with Crippen LogP contribution in [-0.2, 0) is 6.54 Å². The van der Waals surface area contributed by atoms with E-state index in [9.17, 15) is 0 Å². The molecule has 0 aliphatic carbocycles. The molecule has 0 bridgehead atoms. The Balaban J connectivity index is 1.40. The zero-order valence-corrected chi connectivity index (χ0v) is 16.4. The second-order valence-corrected chi connectivity index (χ2v) is 7.17. The summed E-state index contributed by atoms with van der Waals surface area (Å²) in [4.78, 5) is 4.85. The second kappa shape index (κ2) is 8.28. The minimum absolute atomic E-state index is 0.553. The molecule has 2 aromatic rings. The van der Waals surface area contributed by atoms with Crippen molar-refractivity contribution in [2.45, 2.75) is 13.5 Å². The summed E-state index contributed by atoms with van der Waals surface area (Å²) in [6.45, 7) is 8.62. The predicted molar refractivity (Wildman–Crippen MR) is 108 cm³/mol. The highest BCUT2D eigenvalue weighted by Gasteiger charge is 2.21. The van der Waals surface area contributed by atoms with Gasteiger partial charge >= 0.3 is 0 Å². The summed E-state index contributed by atoms with van der Waals surface area (Å²) in [6, 6.07) is 12.3. The van der Waals surface area contributed by atoms with E-state index in [0.29, 0.717) is 30.6 Å². The van der Waals surface area contributed by atoms with E-state index in [0.717, 1.165) is 49.8 Å². The highest BCUT2D eigenvalue weighted by molar-refractivity contribution is 6.32. The third kappa shape index (κ3) is 4.09. The molecule has 5 nitrogen and oxygen atoms in total. The average molecular weight is 389 g/mol. The van der Waals surface area contributed by atoms with E-state index in [4.69, 9.17) is 25.8 Å². The Hall–Kier alpha value is -2.11. The van der Waals surface area contributed by atoms with Gasteiger partial charge in [0.15, 0.2) is 11.5 Å². The Labute approximate surface area is 165 Å². The average Bonchev–Trinajstić information content (AvgIpc) is 2.69. The molecule has 4 rings (SSSR count). The van der Waals surface area contributed by atoms with Gasteiger partial charge in [0, 0.05) is 32.7 Å². The number of hydrogen-bond donors (Lipinski definition) is 0. The smallest absolute Gasteiger partial charge is 0.179 e. The van der Waals surface area contributed by atoms with Crippen LogP contribution in [0, 0.1) is 0 Å². The van der Waals surface area contributed by atoms with Crippen molar-refractivity contribution in [3.63, 3.8) is 0 Å². The van der Waals surface area contributed by atoms with Crippen LogP contribution < -0.4 is 19.1 Å². The maximum Gasteiger partial charge on any atom is 0.179 e. The molecule has 0 N–H and O–H groups in total. The Morgan fingerprint density at radius 3 is 2.63 bits per heavy atom. The van der Waals surface area contributed by atoms with Crippen molar-refractivity contribution in [1.82, 2.24) is 4.90 Å². The number of nitrogens with zero attached hydrogens (tertiary/aromatic N) is 2. The monoisotopic (exact) mass is 388 g/mol. The molecule has 2 aliphatic heterocycles. The highest BCUT2D eigenvalue weighted by Crippen LogP contribution is 2.38. The van der Waals surface area contributed by atoms with Gasteiger partial charge in [-0.25, -0.2) is 0 Å². The van der Waals surface area contributed by atoms with Crippen LogP contribution in [0.4, 0.5) is 5.69 Å². The molecular formula is C21H25ClN2O3. The normalized spacial score (nSPS) is 17.0. The number of piperazine rings is 1. The molecule has 0 aromatic heterocycles. The Bertz CT molecular complexity index is 791. The molecule has 2 aliphatic rings. The highest BCUT2D eigenvalue weighted by atomic mass is 35.5. The van der Waals surface area contributed by atoms with Crippen LogP contribution in [-0.4, -0.2) is 50.9 Å². The molecule has 0 atom stereocenters. The zero-order chi connectivity index (χ0) is 18.6. The van der Waals surface area contributed by atoms with Crippen LogP contribution in [0.3, 0.4) is 0 Å². The molecule has 6 heteroatoms. The van der Waals surface area contributed by atoms with Gasteiger partial charge in [-0.1, -0.05) is 23.7 Å². The number of rotatable bonds is 5. The van der Waals surface area contributed by atoms with E-state index in [1.165, 1.54) is 5.69 Å². The van der Waals surface area contributed by atoms with Gasteiger partial charge in [0.25, 0.3) is 0 Å². The summed E-state index contributed by atoms with van der Waals surface area (Å²) in [6.07, 6.45) is 0. The molecule has 2 aromatic carbocycles. The van der Waals surface area contributed by atoms with Crippen LogP contribution in [0.2, 0.25) is 5.02 Å². The van der Waals surface area contributed by atoms with Crippen molar-refractivity contribution < 1.29 is 14.2 Å². The summed E-state index contributed by atoms with van der Waals surface area (Å²) in [5, 5.41) is 0.631. The number of para-hydroxylation sites is 2. The van der Waals surface area contributed by atoms with Crippen LogP contribution in [0.15, 0.2) is 36.4 Å². The first-order chi connectivity index (χ1) is 13.2. The van der Waals surface area contributed by atoms with E-state index in [-0.39, 0.29) is 0 Å². The third-order valence-electron chi connectivity index (χ3n) is 4.94. The molecule has 0 saturated carbocycles. The predicted octanol–water partition coefficient (Wildman–Crippen LogP) is 3.83. The fourth-order valence-corrected chi connectivity index (χ4v) is 3.94. The molecule has 27 heavy (non-hydrogen) atoms. The van der Waals surface area contributed by atoms with E-state index in [1.807, 2.05) is 25.1 Å². The van der Waals surface area contributed by atoms with Crippen molar-refractivity contribution in [1.29, 1.82) is 0 Å². The first kappa shape index (κ1) is 18.3. The zero-order valence-electron chi connectivity index (χ0n) is 15.6. The standard InChI is InChI=1S/C21H25ClN2O3/c1-2-25-19-6-4-3-5-18(19)24-9-7-23(8-10-24)15-16-13-17(22)21-20(14-16)26-11-12-27-21/h3-6,13-14H,2,7-12,15H2,1H3. The van der Waals surface area contributed by atoms with Crippen LogP contribution in [0.1, 0.15) is 12.5 Å². The van der Waals surface area contributed by atoms with Gasteiger partial charge in [-0.15, -0.1) is 0 Å². The molecule has 2 heterocycles. The van der Waals surface area contributed by atoms with Gasteiger partial charge in [0.2, 0.25) is 0 Å². The van der Waals surface area contributed by atoms with Crippen molar-refractivity contribution in [3.05, 3.63) is 47.0 Å². The lowest BCUT2D eigenvalue weighted by Crippen LogP contribution is -2.46. The molecule has 0 unspecified atom stereocenters. The number of anilines is 1. The Kier molecular flexibility index (Phi) is 5.60. The maximum atomic E-state index is 6.37. The summed E-state index contributed by atoms with van der Waals surface area (Å²) in [7, 11) is 0. The van der Waals surface area contributed by atoms with Crippen molar-refractivity contribution in [2.75, 3.05) is 50.9 Å². The summed E-state index contributed by atoms with van der Waals surface area (Å²) >= 11 is 6.37. The Morgan fingerprint density at radius 2 is 1.81 bits per heavy atom. The van der Waals surface area contributed by atoms with Gasteiger partial charge in [0.05, 0.1) is 17.3 Å². The van der Waals surface area contributed by atoms with Crippen molar-refractivity contribution in [3.8, 4) is 17.2 Å². The fraction of sp³-hybridized carbons (Fsp3) is 0.429. The van der Waals surface area contributed by atoms with Gasteiger partial charge in [-0.05, 0) is 36.8 Å². The number of fused-ring (bicyclic) bond motifs is 1. The first-order valence-electron chi connectivity index (χ1n) is 9.51. The summed E-state index contributed by atoms with van der Waals surface area (Å²) < 4.78 is 17.1. The lowest BCUT2D eigenvalue weighted by Gasteiger charge is -2.36. The quantitative estimate of drug-likeness (QED) is 0.777. The molecular weight excluding hydrogens is 364 g/mol. The lowest BCUT2D eigenvalue weighted by molar-refractivity contribution is 0.171. The third-order valence-corrected chi connectivity index (χ3v) is 5.22.